The molecule has 1 unspecified atom stereocenters. The largest absolute Gasteiger partial charge is 0.417 e. The van der Waals surface area contributed by atoms with E-state index in [0.717, 1.165) is 6.07 Å². The van der Waals surface area contributed by atoms with Crippen LogP contribution in [0, 0.1) is 11.3 Å². The van der Waals surface area contributed by atoms with Crippen molar-refractivity contribution in [3.63, 3.8) is 0 Å². The molecule has 1 aromatic rings. The van der Waals surface area contributed by atoms with Gasteiger partial charge in [0, 0.05) is 25.9 Å². The summed E-state index contributed by atoms with van der Waals surface area (Å²) >= 11 is 0. The molecule has 1 fully saturated rings. The van der Waals surface area contributed by atoms with Crippen molar-refractivity contribution in [2.75, 3.05) is 25.5 Å². The van der Waals surface area contributed by atoms with Crippen molar-refractivity contribution >= 4 is 5.69 Å². The highest BCUT2D eigenvalue weighted by Gasteiger charge is 2.34. The number of alkyl halides is 3. The third kappa shape index (κ3) is 3.03. The molecule has 0 aliphatic carbocycles. The summed E-state index contributed by atoms with van der Waals surface area (Å²) in [5, 5.41) is 15.1. The van der Waals surface area contributed by atoms with Crippen molar-refractivity contribution in [1.82, 2.24) is 5.32 Å². The molecule has 1 aliphatic rings. The molecule has 1 aromatic carbocycles. The minimum Gasteiger partial charge on any atom is -0.378 e. The van der Waals surface area contributed by atoms with E-state index in [1.165, 1.54) is 12.1 Å². The van der Waals surface area contributed by atoms with Gasteiger partial charge in [-0.15, -0.1) is 0 Å². The van der Waals surface area contributed by atoms with Crippen molar-refractivity contribution in [1.29, 1.82) is 5.26 Å². The number of rotatable bonds is 3. The first-order valence-electron chi connectivity index (χ1n) is 6.07. The van der Waals surface area contributed by atoms with Crippen molar-refractivity contribution < 1.29 is 17.9 Å². The van der Waals surface area contributed by atoms with E-state index < -0.39 is 11.7 Å². The summed E-state index contributed by atoms with van der Waals surface area (Å²) in [4.78, 5) is 0. The highest BCUT2D eigenvalue weighted by molar-refractivity contribution is 5.54. The summed E-state index contributed by atoms with van der Waals surface area (Å²) in [6, 6.07) is 5.01. The maximum absolute atomic E-state index is 12.7. The Morgan fingerprint density at radius 2 is 2.15 bits per heavy atom. The summed E-state index contributed by atoms with van der Waals surface area (Å²) in [6.07, 6.45) is -4.57. The number of ether oxygens (including phenoxy) is 1. The molecule has 108 valence electrons. The molecular weight excluding hydrogens is 271 g/mol. The van der Waals surface area contributed by atoms with Crippen LogP contribution in [0.15, 0.2) is 18.2 Å². The maximum atomic E-state index is 12.7. The molecule has 0 amide bonds. The normalized spacial score (nSPS) is 22.6. The molecule has 0 radical (unpaired) electrons. The fourth-order valence-electron chi connectivity index (χ4n) is 2.23. The smallest absolute Gasteiger partial charge is 0.378 e. The third-order valence-corrected chi connectivity index (χ3v) is 3.26. The lowest BCUT2D eigenvalue weighted by molar-refractivity contribution is -0.137. The Morgan fingerprint density at radius 1 is 1.40 bits per heavy atom. The minimum atomic E-state index is -4.52. The quantitative estimate of drug-likeness (QED) is 0.891. The molecule has 7 heteroatoms. The molecule has 1 heterocycles. The van der Waals surface area contributed by atoms with Crippen LogP contribution >= 0.6 is 0 Å². The Kier molecular flexibility index (Phi) is 4.16. The molecule has 1 saturated heterocycles. The zero-order valence-corrected chi connectivity index (χ0v) is 10.8. The van der Waals surface area contributed by atoms with E-state index in [2.05, 4.69) is 10.6 Å². The lowest BCUT2D eigenvalue weighted by Gasteiger charge is -2.20. The molecular formula is C13H14F3N3O. The zero-order valence-electron chi connectivity index (χ0n) is 10.8. The van der Waals surface area contributed by atoms with E-state index in [9.17, 15) is 13.2 Å². The van der Waals surface area contributed by atoms with Gasteiger partial charge in [0.2, 0.25) is 0 Å². The predicted molar refractivity (Wildman–Crippen MR) is 67.2 cm³/mol. The van der Waals surface area contributed by atoms with Gasteiger partial charge in [0.25, 0.3) is 0 Å². The number of nitrogens with zero attached hydrogens (tertiary/aromatic N) is 1. The lowest BCUT2D eigenvalue weighted by atomic mass is 10.1. The highest BCUT2D eigenvalue weighted by atomic mass is 19.4. The number of hydrogen-bond acceptors (Lipinski definition) is 4. The molecule has 0 bridgehead atoms. The van der Waals surface area contributed by atoms with Gasteiger partial charge in [-0.3, -0.25) is 0 Å². The molecule has 2 atom stereocenters. The van der Waals surface area contributed by atoms with Crippen LogP contribution in [0.2, 0.25) is 0 Å². The van der Waals surface area contributed by atoms with Gasteiger partial charge in [-0.25, -0.2) is 0 Å². The van der Waals surface area contributed by atoms with Crippen LogP contribution in [0.5, 0.6) is 0 Å². The van der Waals surface area contributed by atoms with Crippen LogP contribution in [0.3, 0.4) is 0 Å². The van der Waals surface area contributed by atoms with E-state index in [4.69, 9.17) is 10.00 Å². The van der Waals surface area contributed by atoms with Crippen LogP contribution in [0.4, 0.5) is 18.9 Å². The van der Waals surface area contributed by atoms with Gasteiger partial charge in [-0.2, -0.15) is 18.4 Å². The van der Waals surface area contributed by atoms with Gasteiger partial charge in [0.05, 0.1) is 29.3 Å². The maximum Gasteiger partial charge on any atom is 0.417 e. The first-order valence-corrected chi connectivity index (χ1v) is 6.07. The number of benzene rings is 1. The third-order valence-electron chi connectivity index (χ3n) is 3.26. The van der Waals surface area contributed by atoms with Gasteiger partial charge >= 0.3 is 6.18 Å². The monoisotopic (exact) mass is 285 g/mol. The summed E-state index contributed by atoms with van der Waals surface area (Å²) in [5.74, 6) is 0. The minimum absolute atomic E-state index is 0.0386. The first kappa shape index (κ1) is 14.6. The molecule has 1 aliphatic heterocycles. The zero-order chi connectivity index (χ0) is 14.8. The number of nitriles is 1. The topological polar surface area (TPSA) is 57.1 Å². The van der Waals surface area contributed by atoms with E-state index in [-0.39, 0.29) is 17.7 Å². The Bertz CT molecular complexity index is 525. The van der Waals surface area contributed by atoms with Crippen molar-refractivity contribution in [2.24, 2.45) is 0 Å². The van der Waals surface area contributed by atoms with Crippen LogP contribution in [0.1, 0.15) is 11.1 Å². The second-order valence-electron chi connectivity index (χ2n) is 4.55. The van der Waals surface area contributed by atoms with Gasteiger partial charge in [-0.1, -0.05) is 0 Å². The number of anilines is 1. The van der Waals surface area contributed by atoms with Crippen molar-refractivity contribution in [3.05, 3.63) is 29.3 Å². The number of hydrogen-bond donors (Lipinski definition) is 2. The fraction of sp³-hybridized carbons (Fsp3) is 0.462. The molecule has 2 rings (SSSR count). The second kappa shape index (κ2) is 5.69. The molecule has 0 saturated carbocycles. The number of halogens is 3. The van der Waals surface area contributed by atoms with Crippen LogP contribution in [-0.4, -0.2) is 32.3 Å². The SMILES string of the molecule is CO[C@H]1CNCC1Nc1ccc(C(F)(F)F)c(C#N)c1. The summed E-state index contributed by atoms with van der Waals surface area (Å²) in [7, 11) is 1.58. The first-order chi connectivity index (χ1) is 9.45. The van der Waals surface area contributed by atoms with Gasteiger partial charge in [0.1, 0.15) is 0 Å². The van der Waals surface area contributed by atoms with Crippen LogP contribution in [-0.2, 0) is 10.9 Å². The van der Waals surface area contributed by atoms with E-state index >= 15 is 0 Å². The molecule has 2 N–H and O–H groups in total. The highest BCUT2D eigenvalue weighted by Crippen LogP contribution is 2.33. The van der Waals surface area contributed by atoms with Gasteiger partial charge in [0.15, 0.2) is 0 Å². The lowest BCUT2D eigenvalue weighted by Crippen LogP contribution is -2.33. The van der Waals surface area contributed by atoms with E-state index in [0.29, 0.717) is 18.8 Å². The van der Waals surface area contributed by atoms with E-state index in [1.807, 2.05) is 0 Å². The van der Waals surface area contributed by atoms with Crippen molar-refractivity contribution in [3.8, 4) is 6.07 Å². The summed E-state index contributed by atoms with van der Waals surface area (Å²) in [5.41, 5.74) is -0.828. The van der Waals surface area contributed by atoms with Crippen LogP contribution in [0.25, 0.3) is 0 Å². The van der Waals surface area contributed by atoms with Crippen molar-refractivity contribution in [2.45, 2.75) is 18.3 Å². The predicted octanol–water partition coefficient (Wildman–Crippen LogP) is 1.98. The Morgan fingerprint density at radius 3 is 2.75 bits per heavy atom. The summed E-state index contributed by atoms with van der Waals surface area (Å²) < 4.78 is 43.3. The van der Waals surface area contributed by atoms with Crippen LogP contribution < -0.4 is 10.6 Å². The molecule has 0 spiro atoms. The fourth-order valence-corrected chi connectivity index (χ4v) is 2.23. The molecule has 4 nitrogen and oxygen atoms in total. The summed E-state index contributed by atoms with van der Waals surface area (Å²) in [6.45, 7) is 1.33. The second-order valence-corrected chi connectivity index (χ2v) is 4.55. The average molecular weight is 285 g/mol. The number of nitrogens with one attached hydrogen (secondary N) is 2. The number of methoxy groups -OCH3 is 1. The Balaban J connectivity index is 2.20. The Labute approximate surface area is 114 Å². The average Bonchev–Trinajstić information content (AvgIpc) is 2.84. The molecule has 20 heavy (non-hydrogen) atoms. The standard InChI is InChI=1S/C13H14F3N3O/c1-20-12-7-18-6-11(12)19-9-2-3-10(13(14,15)16)8(4-9)5-17/h2-4,11-12,18-19H,6-7H2,1H3/t11?,12-/m0/s1. The van der Waals surface area contributed by atoms with Gasteiger partial charge in [-0.05, 0) is 18.2 Å². The molecule has 0 aromatic heterocycles. The van der Waals surface area contributed by atoms with E-state index in [1.54, 1.807) is 13.2 Å². The Hall–Kier alpha value is -1.78. The van der Waals surface area contributed by atoms with Gasteiger partial charge < -0.3 is 15.4 Å².